The van der Waals surface area contributed by atoms with Gasteiger partial charge in [0.25, 0.3) is 5.97 Å². The molecular weight excluding hydrogens is 144 g/mol. The summed E-state index contributed by atoms with van der Waals surface area (Å²) >= 11 is 0. The molecule has 0 aliphatic heterocycles. The molecule has 0 radical (unpaired) electrons. The third-order valence-electron chi connectivity index (χ3n) is 0. The van der Waals surface area contributed by atoms with Gasteiger partial charge in [-0.05, 0) is 0 Å². The number of carbonyl (C=O) groups is 1. The molecule has 0 spiro atoms. The van der Waals surface area contributed by atoms with E-state index in [-0.39, 0.29) is 54.2 Å². The summed E-state index contributed by atoms with van der Waals surface area (Å²) in [5.41, 5.74) is 0. The van der Waals surface area contributed by atoms with Crippen LogP contribution in [0.1, 0.15) is 6.92 Å². The van der Waals surface area contributed by atoms with Crippen LogP contribution < -0.4 is 0 Å². The molecule has 0 saturated heterocycles. The van der Waals surface area contributed by atoms with Gasteiger partial charge in [-0.1, -0.05) is 0 Å². The van der Waals surface area contributed by atoms with Crippen LogP contribution in [0.3, 0.4) is 0 Å². The van der Waals surface area contributed by atoms with Crippen LogP contribution in [-0.2, 0) is 4.79 Å². The molecule has 8 heavy (non-hydrogen) atoms. The van der Waals surface area contributed by atoms with Gasteiger partial charge in [-0.15, -0.1) is 0 Å². The average Bonchev–Trinajstić information content (AvgIpc) is 0.811. The SMILES string of the molecule is CC(=O)O.O.O.O.[CaH2]. The van der Waals surface area contributed by atoms with Gasteiger partial charge < -0.3 is 21.5 Å². The third kappa shape index (κ3) is 559. The number of aliphatic carboxylic acids is 1. The van der Waals surface area contributed by atoms with Gasteiger partial charge in [-0.2, -0.15) is 0 Å². The van der Waals surface area contributed by atoms with Crippen LogP contribution in [0.25, 0.3) is 0 Å². The van der Waals surface area contributed by atoms with E-state index in [0.717, 1.165) is 6.92 Å². The van der Waals surface area contributed by atoms with Crippen LogP contribution in [0.15, 0.2) is 0 Å². The van der Waals surface area contributed by atoms with Crippen molar-refractivity contribution in [3.8, 4) is 0 Å². The van der Waals surface area contributed by atoms with Gasteiger partial charge in [0.2, 0.25) is 0 Å². The van der Waals surface area contributed by atoms with Gasteiger partial charge in [0.1, 0.15) is 0 Å². The van der Waals surface area contributed by atoms with Gasteiger partial charge in [0, 0.05) is 6.92 Å². The predicted octanol–water partition coefficient (Wildman–Crippen LogP) is -3.30. The Hall–Kier alpha value is 0.610. The van der Waals surface area contributed by atoms with E-state index in [0.29, 0.717) is 0 Å². The second-order valence-electron chi connectivity index (χ2n) is 0.519. The molecule has 0 aromatic rings. The number of carboxylic acid groups (broad SMARTS) is 1. The van der Waals surface area contributed by atoms with Crippen molar-refractivity contribution in [1.82, 2.24) is 0 Å². The zero-order valence-corrected chi connectivity index (χ0v) is 3.86. The Morgan fingerprint density at radius 2 is 1.25 bits per heavy atom. The van der Waals surface area contributed by atoms with Gasteiger partial charge >= 0.3 is 37.7 Å². The van der Waals surface area contributed by atoms with Crippen LogP contribution in [0.2, 0.25) is 0 Å². The molecule has 0 unspecified atom stereocenters. The van der Waals surface area contributed by atoms with Crippen molar-refractivity contribution in [1.29, 1.82) is 0 Å². The first-order valence-corrected chi connectivity index (χ1v) is 0.928. The molecule has 0 aliphatic rings. The molecule has 0 heterocycles. The summed E-state index contributed by atoms with van der Waals surface area (Å²) < 4.78 is 0. The van der Waals surface area contributed by atoms with E-state index in [2.05, 4.69) is 0 Å². The zero-order chi connectivity index (χ0) is 3.58. The molecule has 0 aliphatic carbocycles. The normalized spacial score (nSPS) is 3.12. The number of rotatable bonds is 0. The van der Waals surface area contributed by atoms with Crippen LogP contribution >= 0.6 is 0 Å². The van der Waals surface area contributed by atoms with E-state index >= 15 is 0 Å². The van der Waals surface area contributed by atoms with Crippen molar-refractivity contribution >= 4 is 43.7 Å². The maximum absolute atomic E-state index is 9.00. The van der Waals surface area contributed by atoms with Gasteiger partial charge in [-0.3, -0.25) is 4.79 Å². The van der Waals surface area contributed by atoms with E-state index in [1.165, 1.54) is 0 Å². The molecule has 52 valence electrons. The van der Waals surface area contributed by atoms with Gasteiger partial charge in [0.05, 0.1) is 0 Å². The third-order valence-corrected chi connectivity index (χ3v) is 0. The fourth-order valence-corrected chi connectivity index (χ4v) is 0. The summed E-state index contributed by atoms with van der Waals surface area (Å²) in [6.45, 7) is 1.08. The molecule has 0 saturated carbocycles. The summed E-state index contributed by atoms with van der Waals surface area (Å²) in [6, 6.07) is 0. The maximum atomic E-state index is 9.00. The van der Waals surface area contributed by atoms with Gasteiger partial charge in [0.15, 0.2) is 0 Å². The monoisotopic (exact) mass is 156 g/mol. The molecule has 0 amide bonds. The van der Waals surface area contributed by atoms with Crippen LogP contribution in [0.5, 0.6) is 0 Å². The van der Waals surface area contributed by atoms with E-state index < -0.39 is 5.97 Å². The summed E-state index contributed by atoms with van der Waals surface area (Å²) in [6.07, 6.45) is 0. The quantitative estimate of drug-likeness (QED) is 0.368. The number of carboxylic acids is 1. The Bertz CT molecular complexity index is 33.4. The first-order valence-electron chi connectivity index (χ1n) is 0.928. The Morgan fingerprint density at radius 1 is 1.25 bits per heavy atom. The predicted molar refractivity (Wildman–Crippen MR) is 32.7 cm³/mol. The minimum absolute atomic E-state index is 0. The molecule has 0 aromatic heterocycles. The molecular formula is C2H12CaO5. The molecule has 0 aromatic carbocycles. The number of hydrogen-bond donors (Lipinski definition) is 1. The van der Waals surface area contributed by atoms with Crippen molar-refractivity contribution in [3.63, 3.8) is 0 Å². The van der Waals surface area contributed by atoms with Crippen molar-refractivity contribution in [2.75, 3.05) is 0 Å². The summed E-state index contributed by atoms with van der Waals surface area (Å²) in [5, 5.41) is 7.42. The average molecular weight is 156 g/mol. The second-order valence-corrected chi connectivity index (χ2v) is 0.519. The Kier molecular flexibility index (Phi) is 122. The van der Waals surface area contributed by atoms with E-state index in [4.69, 9.17) is 9.90 Å². The van der Waals surface area contributed by atoms with Crippen molar-refractivity contribution in [3.05, 3.63) is 0 Å². The topological polar surface area (TPSA) is 132 Å². The van der Waals surface area contributed by atoms with Crippen molar-refractivity contribution in [2.45, 2.75) is 6.92 Å². The Morgan fingerprint density at radius 3 is 1.25 bits per heavy atom. The molecule has 0 rings (SSSR count). The summed E-state index contributed by atoms with van der Waals surface area (Å²) in [4.78, 5) is 9.00. The van der Waals surface area contributed by atoms with E-state index in [1.54, 1.807) is 0 Å². The van der Waals surface area contributed by atoms with E-state index in [1.807, 2.05) is 0 Å². The van der Waals surface area contributed by atoms with Crippen LogP contribution in [0.4, 0.5) is 0 Å². The Labute approximate surface area is 76.6 Å². The van der Waals surface area contributed by atoms with Crippen LogP contribution in [0, 0.1) is 0 Å². The fourth-order valence-electron chi connectivity index (χ4n) is 0. The standard InChI is InChI=1S/C2H4O2.Ca.3H2O.2H/c1-2(3)4;;;;;;/h1H3,(H,3,4);;3*1H2;;. The molecule has 6 heteroatoms. The second kappa shape index (κ2) is 25.5. The molecule has 5 nitrogen and oxygen atoms in total. The zero-order valence-electron chi connectivity index (χ0n) is 3.86. The van der Waals surface area contributed by atoms with Gasteiger partial charge in [-0.25, -0.2) is 0 Å². The van der Waals surface area contributed by atoms with Crippen molar-refractivity contribution < 1.29 is 26.3 Å². The van der Waals surface area contributed by atoms with Crippen LogP contribution in [-0.4, -0.2) is 65.2 Å². The van der Waals surface area contributed by atoms with E-state index in [9.17, 15) is 0 Å². The molecule has 0 bridgehead atoms. The molecule has 7 N–H and O–H groups in total. The molecule has 0 fully saturated rings. The fraction of sp³-hybridized carbons (Fsp3) is 0.500. The number of hydrogen-bond acceptors (Lipinski definition) is 1. The minimum atomic E-state index is -0.833. The Balaban J connectivity index is -0.00000000750. The summed E-state index contributed by atoms with van der Waals surface area (Å²) in [7, 11) is 0. The van der Waals surface area contributed by atoms with Crippen molar-refractivity contribution in [2.24, 2.45) is 0 Å². The first kappa shape index (κ1) is 38.3. The molecule has 0 atom stereocenters. The summed E-state index contributed by atoms with van der Waals surface area (Å²) in [5.74, 6) is -0.833. The first-order chi connectivity index (χ1) is 1.73.